The molecule has 1 aromatic carbocycles. The highest BCUT2D eigenvalue weighted by Crippen LogP contribution is 2.40. The van der Waals surface area contributed by atoms with Gasteiger partial charge in [0.25, 0.3) is 0 Å². The fourth-order valence-electron chi connectivity index (χ4n) is 3.29. The molecule has 2 aromatic rings. The Morgan fingerprint density at radius 1 is 0.963 bits per heavy atom. The third-order valence-electron chi connectivity index (χ3n) is 4.87. The minimum Gasteiger partial charge on any atom is -0.493 e. The summed E-state index contributed by atoms with van der Waals surface area (Å²) in [6, 6.07) is 5.72. The zero-order valence-corrected chi connectivity index (χ0v) is 16.7. The van der Waals surface area contributed by atoms with Crippen molar-refractivity contribution in [1.82, 2.24) is 9.97 Å². The zero-order chi connectivity index (χ0) is 19.4. The Morgan fingerprint density at radius 2 is 1.59 bits per heavy atom. The van der Waals surface area contributed by atoms with Crippen LogP contribution in [0.3, 0.4) is 0 Å². The van der Waals surface area contributed by atoms with Crippen molar-refractivity contribution in [3.63, 3.8) is 0 Å². The number of hydrogen-bond acceptors (Lipinski definition) is 7. The molecule has 0 radical (unpaired) electrons. The molecule has 0 bridgehead atoms. The van der Waals surface area contributed by atoms with Crippen LogP contribution in [0.4, 0.5) is 17.5 Å². The molecular formula is C20H28N4O3. The highest BCUT2D eigenvalue weighted by atomic mass is 16.5. The van der Waals surface area contributed by atoms with Crippen LogP contribution in [-0.2, 0) is 0 Å². The lowest BCUT2D eigenvalue weighted by Gasteiger charge is -2.31. The number of benzene rings is 1. The Kier molecular flexibility index (Phi) is 5.88. The highest BCUT2D eigenvalue weighted by molar-refractivity contribution is 5.66. The first-order valence-electron chi connectivity index (χ1n) is 9.21. The Bertz CT molecular complexity index is 764. The number of piperidine rings is 1. The lowest BCUT2D eigenvalue weighted by Crippen LogP contribution is -2.33. The van der Waals surface area contributed by atoms with Crippen molar-refractivity contribution in [2.75, 3.05) is 44.6 Å². The van der Waals surface area contributed by atoms with E-state index in [-0.39, 0.29) is 0 Å². The van der Waals surface area contributed by atoms with Gasteiger partial charge in [0.05, 0.1) is 21.3 Å². The smallest absolute Gasteiger partial charge is 0.229 e. The fraction of sp³-hybridized carbons (Fsp3) is 0.500. The molecule has 7 heteroatoms. The molecule has 0 saturated carbocycles. The molecule has 1 saturated heterocycles. The Balaban J connectivity index is 1.87. The second-order valence-corrected chi connectivity index (χ2v) is 6.90. The number of aryl methyl sites for hydroxylation is 1. The van der Waals surface area contributed by atoms with E-state index >= 15 is 0 Å². The van der Waals surface area contributed by atoms with Gasteiger partial charge in [0, 0.05) is 42.7 Å². The first-order chi connectivity index (χ1) is 13.0. The summed E-state index contributed by atoms with van der Waals surface area (Å²) in [7, 11) is 4.78. The normalized spacial score (nSPS) is 14.8. The summed E-state index contributed by atoms with van der Waals surface area (Å²) in [6.45, 7) is 6.35. The second-order valence-electron chi connectivity index (χ2n) is 6.90. The topological polar surface area (TPSA) is 68.7 Å². The van der Waals surface area contributed by atoms with E-state index in [0.29, 0.717) is 23.2 Å². The van der Waals surface area contributed by atoms with Crippen molar-refractivity contribution in [2.45, 2.75) is 26.7 Å². The quantitative estimate of drug-likeness (QED) is 0.827. The molecule has 146 valence electrons. The SMILES string of the molecule is COc1cc(Nc2nc(C)cc(N3CCC(C)CC3)n2)cc(OC)c1OC. The van der Waals surface area contributed by atoms with Crippen LogP contribution in [0.1, 0.15) is 25.5 Å². The van der Waals surface area contributed by atoms with Crippen molar-refractivity contribution < 1.29 is 14.2 Å². The van der Waals surface area contributed by atoms with Crippen LogP contribution in [0.15, 0.2) is 18.2 Å². The van der Waals surface area contributed by atoms with E-state index in [1.807, 2.05) is 25.1 Å². The van der Waals surface area contributed by atoms with Gasteiger partial charge in [0.1, 0.15) is 5.82 Å². The van der Waals surface area contributed by atoms with Gasteiger partial charge in [-0.15, -0.1) is 0 Å². The average Bonchev–Trinajstić information content (AvgIpc) is 2.67. The molecule has 0 amide bonds. The number of nitrogens with one attached hydrogen (secondary N) is 1. The van der Waals surface area contributed by atoms with Crippen LogP contribution in [0.5, 0.6) is 17.2 Å². The van der Waals surface area contributed by atoms with E-state index in [1.54, 1.807) is 21.3 Å². The molecule has 27 heavy (non-hydrogen) atoms. The predicted octanol–water partition coefficient (Wildman–Crippen LogP) is 3.79. The van der Waals surface area contributed by atoms with Gasteiger partial charge in [-0.2, -0.15) is 4.98 Å². The molecule has 7 nitrogen and oxygen atoms in total. The maximum atomic E-state index is 5.42. The van der Waals surface area contributed by atoms with E-state index in [0.717, 1.165) is 36.2 Å². The lowest BCUT2D eigenvalue weighted by molar-refractivity contribution is 0.324. The van der Waals surface area contributed by atoms with Crippen molar-refractivity contribution >= 4 is 17.5 Å². The third kappa shape index (κ3) is 4.35. The van der Waals surface area contributed by atoms with Gasteiger partial charge < -0.3 is 24.4 Å². The Labute approximate surface area is 160 Å². The van der Waals surface area contributed by atoms with E-state index < -0.39 is 0 Å². The highest BCUT2D eigenvalue weighted by Gasteiger charge is 2.19. The van der Waals surface area contributed by atoms with E-state index in [1.165, 1.54) is 12.8 Å². The van der Waals surface area contributed by atoms with Crippen LogP contribution in [0, 0.1) is 12.8 Å². The summed E-state index contributed by atoms with van der Waals surface area (Å²) in [5, 5.41) is 3.27. The number of methoxy groups -OCH3 is 3. The molecule has 1 N–H and O–H groups in total. The largest absolute Gasteiger partial charge is 0.493 e. The van der Waals surface area contributed by atoms with Crippen molar-refractivity contribution in [2.24, 2.45) is 5.92 Å². The molecule has 3 rings (SSSR count). The van der Waals surface area contributed by atoms with Crippen LogP contribution < -0.4 is 24.4 Å². The minimum absolute atomic E-state index is 0.554. The molecule has 1 aliphatic heterocycles. The molecule has 1 aliphatic rings. The summed E-state index contributed by atoms with van der Waals surface area (Å²) in [5.74, 6) is 4.01. The van der Waals surface area contributed by atoms with E-state index in [4.69, 9.17) is 19.2 Å². The van der Waals surface area contributed by atoms with Crippen molar-refractivity contribution in [1.29, 1.82) is 0 Å². The first kappa shape index (κ1) is 19.1. The molecule has 0 unspecified atom stereocenters. The van der Waals surface area contributed by atoms with Gasteiger partial charge in [0.15, 0.2) is 11.5 Å². The van der Waals surface area contributed by atoms with E-state index in [9.17, 15) is 0 Å². The number of ether oxygens (including phenoxy) is 3. The predicted molar refractivity (Wildman–Crippen MR) is 107 cm³/mol. The number of nitrogens with zero attached hydrogens (tertiary/aromatic N) is 3. The number of anilines is 3. The number of hydrogen-bond donors (Lipinski definition) is 1. The molecule has 1 fully saturated rings. The molecule has 1 aromatic heterocycles. The van der Waals surface area contributed by atoms with Gasteiger partial charge >= 0.3 is 0 Å². The standard InChI is InChI=1S/C20H28N4O3/c1-13-6-8-24(9-7-13)18-10-14(2)21-20(23-18)22-15-11-16(25-3)19(27-5)17(12-15)26-4/h10-13H,6-9H2,1-5H3,(H,21,22,23). The van der Waals surface area contributed by atoms with Gasteiger partial charge in [-0.05, 0) is 25.7 Å². The van der Waals surface area contributed by atoms with Crippen LogP contribution >= 0.6 is 0 Å². The minimum atomic E-state index is 0.554. The van der Waals surface area contributed by atoms with Crippen molar-refractivity contribution in [3.05, 3.63) is 23.9 Å². The zero-order valence-electron chi connectivity index (χ0n) is 16.7. The van der Waals surface area contributed by atoms with Crippen LogP contribution in [0.2, 0.25) is 0 Å². The lowest BCUT2D eigenvalue weighted by atomic mass is 9.99. The molecule has 0 spiro atoms. The maximum Gasteiger partial charge on any atom is 0.229 e. The third-order valence-corrected chi connectivity index (χ3v) is 4.87. The average molecular weight is 372 g/mol. The van der Waals surface area contributed by atoms with Gasteiger partial charge in [-0.3, -0.25) is 0 Å². The second kappa shape index (κ2) is 8.33. The summed E-state index contributed by atoms with van der Waals surface area (Å²) >= 11 is 0. The first-order valence-corrected chi connectivity index (χ1v) is 9.21. The molecular weight excluding hydrogens is 344 g/mol. The van der Waals surface area contributed by atoms with Crippen molar-refractivity contribution in [3.8, 4) is 17.2 Å². The Morgan fingerprint density at radius 3 is 2.15 bits per heavy atom. The van der Waals surface area contributed by atoms with Crippen LogP contribution in [0.25, 0.3) is 0 Å². The Hall–Kier alpha value is -2.70. The maximum absolute atomic E-state index is 5.42. The summed E-state index contributed by atoms with van der Waals surface area (Å²) in [6.07, 6.45) is 2.39. The summed E-state index contributed by atoms with van der Waals surface area (Å²) < 4.78 is 16.2. The van der Waals surface area contributed by atoms with Crippen LogP contribution in [-0.4, -0.2) is 44.4 Å². The summed E-state index contributed by atoms with van der Waals surface area (Å²) in [5.41, 5.74) is 1.70. The molecule has 2 heterocycles. The van der Waals surface area contributed by atoms with Gasteiger partial charge in [0.2, 0.25) is 11.7 Å². The fourth-order valence-corrected chi connectivity index (χ4v) is 3.29. The van der Waals surface area contributed by atoms with Gasteiger partial charge in [-0.25, -0.2) is 4.98 Å². The summed E-state index contributed by atoms with van der Waals surface area (Å²) in [4.78, 5) is 11.6. The van der Waals surface area contributed by atoms with E-state index in [2.05, 4.69) is 22.1 Å². The number of aromatic nitrogens is 2. The molecule has 0 aliphatic carbocycles. The van der Waals surface area contributed by atoms with Gasteiger partial charge in [-0.1, -0.05) is 6.92 Å². The molecule has 0 atom stereocenters. The monoisotopic (exact) mass is 372 g/mol. The number of rotatable bonds is 6.